The van der Waals surface area contributed by atoms with Crippen LogP contribution in [0.5, 0.6) is 0 Å². The number of aliphatic imine (C=N–C) groups is 1. The molecular formula is C12H21N. The summed E-state index contributed by atoms with van der Waals surface area (Å²) in [5.74, 6) is 0. The van der Waals surface area contributed by atoms with Gasteiger partial charge in [-0.05, 0) is 25.3 Å². The number of nitrogens with zero attached hydrogens (tertiary/aromatic N) is 1. The lowest BCUT2D eigenvalue weighted by molar-refractivity contribution is 0.593. The topological polar surface area (TPSA) is 12.4 Å². The molecule has 0 aromatic carbocycles. The molecule has 0 amide bonds. The minimum Gasteiger partial charge on any atom is -0.290 e. The second kappa shape index (κ2) is 6.88. The summed E-state index contributed by atoms with van der Waals surface area (Å²) in [7, 11) is 0. The van der Waals surface area contributed by atoms with Crippen LogP contribution in [0, 0.1) is 0 Å². The summed E-state index contributed by atoms with van der Waals surface area (Å²) in [5.41, 5.74) is 1.22. The van der Waals surface area contributed by atoms with Crippen LogP contribution >= 0.6 is 0 Å². The predicted octanol–water partition coefficient (Wildman–Crippen LogP) is 3.75. The van der Waals surface area contributed by atoms with E-state index >= 15 is 0 Å². The van der Waals surface area contributed by atoms with Crippen molar-refractivity contribution in [1.82, 2.24) is 0 Å². The Balaban J connectivity index is 2.35. The monoisotopic (exact) mass is 179 g/mol. The molecule has 0 radical (unpaired) electrons. The Morgan fingerprint density at radius 2 is 1.54 bits per heavy atom. The fourth-order valence-electron chi connectivity index (χ4n) is 1.77. The Morgan fingerprint density at radius 3 is 2.23 bits per heavy atom. The van der Waals surface area contributed by atoms with E-state index < -0.39 is 0 Å². The SMILES string of the molecule is C=C/C1=N/CCCCCCCCC1. The summed E-state index contributed by atoms with van der Waals surface area (Å²) < 4.78 is 0. The molecule has 74 valence electrons. The lowest BCUT2D eigenvalue weighted by Gasteiger charge is -1.99. The van der Waals surface area contributed by atoms with Crippen molar-refractivity contribution in [3.8, 4) is 0 Å². The second-order valence-electron chi connectivity index (χ2n) is 3.80. The first-order chi connectivity index (χ1) is 6.43. The molecule has 0 aliphatic carbocycles. The molecule has 0 N–H and O–H groups in total. The van der Waals surface area contributed by atoms with Crippen molar-refractivity contribution in [1.29, 1.82) is 0 Å². The zero-order valence-electron chi connectivity index (χ0n) is 8.60. The Bertz CT molecular complexity index is 170. The van der Waals surface area contributed by atoms with Crippen molar-refractivity contribution >= 4 is 5.71 Å². The molecule has 0 bridgehead atoms. The quantitative estimate of drug-likeness (QED) is 0.581. The van der Waals surface area contributed by atoms with Crippen LogP contribution in [-0.2, 0) is 0 Å². The highest BCUT2D eigenvalue weighted by Gasteiger charge is 1.97. The summed E-state index contributed by atoms with van der Waals surface area (Å²) in [4.78, 5) is 4.54. The molecule has 1 heterocycles. The molecule has 1 heteroatoms. The Kier molecular flexibility index (Phi) is 5.55. The first-order valence-electron chi connectivity index (χ1n) is 5.59. The summed E-state index contributed by atoms with van der Waals surface area (Å²) in [5, 5.41) is 0. The minimum atomic E-state index is 1.02. The van der Waals surface area contributed by atoms with Crippen molar-refractivity contribution in [3.63, 3.8) is 0 Å². The zero-order chi connectivity index (χ0) is 9.36. The molecule has 0 saturated carbocycles. The molecule has 1 rings (SSSR count). The molecule has 13 heavy (non-hydrogen) atoms. The van der Waals surface area contributed by atoms with Crippen LogP contribution in [0.3, 0.4) is 0 Å². The molecule has 1 aliphatic heterocycles. The van der Waals surface area contributed by atoms with E-state index in [-0.39, 0.29) is 0 Å². The highest BCUT2D eigenvalue weighted by molar-refractivity contribution is 5.94. The van der Waals surface area contributed by atoms with Crippen molar-refractivity contribution in [2.45, 2.75) is 51.4 Å². The van der Waals surface area contributed by atoms with Crippen molar-refractivity contribution in [2.75, 3.05) is 6.54 Å². The molecule has 0 aromatic rings. The van der Waals surface area contributed by atoms with Gasteiger partial charge in [0.05, 0.1) is 0 Å². The maximum Gasteiger partial charge on any atom is 0.0392 e. The van der Waals surface area contributed by atoms with E-state index in [9.17, 15) is 0 Å². The van der Waals surface area contributed by atoms with Gasteiger partial charge in [-0.25, -0.2) is 0 Å². The normalized spacial score (nSPS) is 25.4. The molecule has 1 nitrogen and oxygen atoms in total. The average molecular weight is 179 g/mol. The Labute approximate surface area is 82.0 Å². The van der Waals surface area contributed by atoms with Gasteiger partial charge in [-0.3, -0.25) is 4.99 Å². The van der Waals surface area contributed by atoms with Gasteiger partial charge in [0.1, 0.15) is 0 Å². The number of rotatable bonds is 1. The van der Waals surface area contributed by atoms with Gasteiger partial charge in [0.25, 0.3) is 0 Å². The van der Waals surface area contributed by atoms with Crippen LogP contribution in [0.2, 0.25) is 0 Å². The summed E-state index contributed by atoms with van der Waals surface area (Å²) >= 11 is 0. The van der Waals surface area contributed by atoms with Crippen molar-refractivity contribution in [2.24, 2.45) is 4.99 Å². The van der Waals surface area contributed by atoms with E-state index in [1.165, 1.54) is 50.7 Å². The standard InChI is InChI=1S/C12H21N/c1-2-12-10-8-6-4-3-5-7-9-11-13-12/h2H,1,3-11H2/b13-12-. The van der Waals surface area contributed by atoms with Crippen LogP contribution in [0.25, 0.3) is 0 Å². The maximum atomic E-state index is 4.54. The van der Waals surface area contributed by atoms with Crippen molar-refractivity contribution < 1.29 is 0 Å². The molecule has 1 aliphatic rings. The number of allylic oxidation sites excluding steroid dienone is 1. The van der Waals surface area contributed by atoms with Gasteiger partial charge >= 0.3 is 0 Å². The minimum absolute atomic E-state index is 1.02. The average Bonchev–Trinajstić information content (AvgIpc) is 2.22. The van der Waals surface area contributed by atoms with Crippen molar-refractivity contribution in [3.05, 3.63) is 12.7 Å². The van der Waals surface area contributed by atoms with Gasteiger partial charge in [-0.1, -0.05) is 38.7 Å². The lowest BCUT2D eigenvalue weighted by atomic mass is 10.1. The van der Waals surface area contributed by atoms with Crippen LogP contribution in [0.15, 0.2) is 17.6 Å². The van der Waals surface area contributed by atoms with Gasteiger partial charge in [0.15, 0.2) is 0 Å². The van der Waals surface area contributed by atoms with E-state index in [2.05, 4.69) is 11.6 Å². The molecular weight excluding hydrogens is 158 g/mol. The molecule has 0 spiro atoms. The molecule has 0 atom stereocenters. The summed E-state index contributed by atoms with van der Waals surface area (Å²) in [6, 6.07) is 0. The lowest BCUT2D eigenvalue weighted by Crippen LogP contribution is -1.95. The largest absolute Gasteiger partial charge is 0.290 e. The Morgan fingerprint density at radius 1 is 0.923 bits per heavy atom. The highest BCUT2D eigenvalue weighted by Crippen LogP contribution is 2.11. The second-order valence-corrected chi connectivity index (χ2v) is 3.80. The van der Waals surface area contributed by atoms with E-state index in [1.807, 2.05) is 6.08 Å². The third-order valence-corrected chi connectivity index (χ3v) is 2.64. The first kappa shape index (κ1) is 10.5. The van der Waals surface area contributed by atoms with Crippen LogP contribution < -0.4 is 0 Å². The Hall–Kier alpha value is -0.590. The van der Waals surface area contributed by atoms with E-state index in [0.717, 1.165) is 13.0 Å². The van der Waals surface area contributed by atoms with Crippen LogP contribution in [-0.4, -0.2) is 12.3 Å². The van der Waals surface area contributed by atoms with Crippen LogP contribution in [0.4, 0.5) is 0 Å². The maximum absolute atomic E-state index is 4.54. The third kappa shape index (κ3) is 4.87. The van der Waals surface area contributed by atoms with Gasteiger partial charge in [0, 0.05) is 12.3 Å². The van der Waals surface area contributed by atoms with Gasteiger partial charge in [-0.2, -0.15) is 0 Å². The molecule has 0 fully saturated rings. The van der Waals surface area contributed by atoms with E-state index in [0.29, 0.717) is 0 Å². The van der Waals surface area contributed by atoms with Gasteiger partial charge in [0.2, 0.25) is 0 Å². The highest BCUT2D eigenvalue weighted by atomic mass is 14.7. The predicted molar refractivity (Wildman–Crippen MR) is 59.4 cm³/mol. The van der Waals surface area contributed by atoms with E-state index in [1.54, 1.807) is 0 Å². The number of hydrogen-bond acceptors (Lipinski definition) is 1. The molecule has 0 unspecified atom stereocenters. The van der Waals surface area contributed by atoms with Gasteiger partial charge < -0.3 is 0 Å². The smallest absolute Gasteiger partial charge is 0.0392 e. The zero-order valence-corrected chi connectivity index (χ0v) is 8.60. The summed E-state index contributed by atoms with van der Waals surface area (Å²) in [6.45, 7) is 4.82. The van der Waals surface area contributed by atoms with Crippen LogP contribution in [0.1, 0.15) is 51.4 Å². The summed E-state index contributed by atoms with van der Waals surface area (Å²) in [6.07, 6.45) is 12.6. The molecule has 0 aromatic heterocycles. The number of hydrogen-bond donors (Lipinski definition) is 0. The first-order valence-corrected chi connectivity index (χ1v) is 5.59. The third-order valence-electron chi connectivity index (χ3n) is 2.64. The fourth-order valence-corrected chi connectivity index (χ4v) is 1.77. The fraction of sp³-hybridized carbons (Fsp3) is 0.750. The molecule has 0 saturated heterocycles. The van der Waals surface area contributed by atoms with E-state index in [4.69, 9.17) is 0 Å². The van der Waals surface area contributed by atoms with Gasteiger partial charge in [-0.15, -0.1) is 0 Å².